The summed E-state index contributed by atoms with van der Waals surface area (Å²) in [5, 5.41) is 3.17. The molecule has 0 atom stereocenters. The molecule has 1 aromatic carbocycles. The van der Waals surface area contributed by atoms with E-state index in [-0.39, 0.29) is 5.91 Å². The van der Waals surface area contributed by atoms with Crippen LogP contribution in [0.25, 0.3) is 0 Å². The molecule has 4 heteroatoms. The van der Waals surface area contributed by atoms with Gasteiger partial charge in [0, 0.05) is 11.7 Å². The zero-order chi connectivity index (χ0) is 13.4. The zero-order valence-electron chi connectivity index (χ0n) is 11.2. The van der Waals surface area contributed by atoms with Gasteiger partial charge in [0.15, 0.2) is 0 Å². The van der Waals surface area contributed by atoms with Gasteiger partial charge in [-0.1, -0.05) is 0 Å². The average molecular weight is 260 g/mol. The second-order valence-electron chi connectivity index (χ2n) is 5.63. The summed E-state index contributed by atoms with van der Waals surface area (Å²) in [5.41, 5.74) is 6.91. The van der Waals surface area contributed by atoms with Gasteiger partial charge < -0.3 is 15.8 Å². The lowest BCUT2D eigenvalue weighted by atomic mass is 10.1. The first-order valence-corrected chi connectivity index (χ1v) is 6.93. The molecule has 2 saturated carbocycles. The van der Waals surface area contributed by atoms with Crippen LogP contribution in [0, 0.1) is 11.8 Å². The van der Waals surface area contributed by atoms with Crippen LogP contribution >= 0.6 is 0 Å². The van der Waals surface area contributed by atoms with E-state index in [4.69, 9.17) is 10.5 Å². The standard InChI is InChI=1S/C15H20N2O2/c1-19-11-6-7-13(16)12(8-11)15(18)17-14(9-2-3-9)10-4-5-10/h6-10,14H,2-5,16H2,1H3,(H,17,18). The molecule has 0 aromatic heterocycles. The molecule has 2 aliphatic rings. The number of carbonyl (C=O) groups is 1. The van der Waals surface area contributed by atoms with Crippen LogP contribution in [0.15, 0.2) is 18.2 Å². The normalized spacial score (nSPS) is 18.4. The monoisotopic (exact) mass is 260 g/mol. The van der Waals surface area contributed by atoms with E-state index in [2.05, 4.69) is 5.32 Å². The summed E-state index contributed by atoms with van der Waals surface area (Å²) in [5.74, 6) is 1.96. The van der Waals surface area contributed by atoms with Crippen LogP contribution in [0.5, 0.6) is 5.75 Å². The van der Waals surface area contributed by atoms with E-state index >= 15 is 0 Å². The molecule has 102 valence electrons. The number of rotatable bonds is 5. The van der Waals surface area contributed by atoms with Crippen molar-refractivity contribution in [2.75, 3.05) is 12.8 Å². The quantitative estimate of drug-likeness (QED) is 0.798. The van der Waals surface area contributed by atoms with Crippen LogP contribution in [0.3, 0.4) is 0 Å². The molecule has 0 radical (unpaired) electrons. The number of amides is 1. The fourth-order valence-electron chi connectivity index (χ4n) is 2.62. The van der Waals surface area contributed by atoms with Gasteiger partial charge >= 0.3 is 0 Å². The summed E-state index contributed by atoms with van der Waals surface area (Å²) >= 11 is 0. The van der Waals surface area contributed by atoms with Crippen LogP contribution in [0.1, 0.15) is 36.0 Å². The van der Waals surface area contributed by atoms with E-state index in [1.807, 2.05) is 0 Å². The van der Waals surface area contributed by atoms with Gasteiger partial charge in [-0.2, -0.15) is 0 Å². The van der Waals surface area contributed by atoms with E-state index < -0.39 is 0 Å². The lowest BCUT2D eigenvalue weighted by molar-refractivity contribution is 0.0927. The molecule has 0 bridgehead atoms. The van der Waals surface area contributed by atoms with Gasteiger partial charge in [0.2, 0.25) is 0 Å². The second kappa shape index (κ2) is 4.76. The number of nitrogens with one attached hydrogen (secondary N) is 1. The highest BCUT2D eigenvalue weighted by Crippen LogP contribution is 2.44. The Morgan fingerprint density at radius 3 is 2.47 bits per heavy atom. The summed E-state index contributed by atoms with van der Waals surface area (Å²) in [6.07, 6.45) is 4.98. The van der Waals surface area contributed by atoms with Crippen LogP contribution in [-0.2, 0) is 0 Å². The number of hydrogen-bond donors (Lipinski definition) is 2. The Hall–Kier alpha value is -1.71. The van der Waals surface area contributed by atoms with Crippen LogP contribution in [0.2, 0.25) is 0 Å². The molecule has 0 aliphatic heterocycles. The fourth-order valence-corrected chi connectivity index (χ4v) is 2.62. The number of hydrogen-bond acceptors (Lipinski definition) is 3. The van der Waals surface area contributed by atoms with E-state index in [1.165, 1.54) is 25.7 Å². The number of nitrogens with two attached hydrogens (primary N) is 1. The molecule has 1 amide bonds. The van der Waals surface area contributed by atoms with Crippen molar-refractivity contribution in [3.63, 3.8) is 0 Å². The molecule has 3 N–H and O–H groups in total. The molecule has 0 saturated heterocycles. The maximum absolute atomic E-state index is 12.4. The Morgan fingerprint density at radius 2 is 1.95 bits per heavy atom. The van der Waals surface area contributed by atoms with Crippen molar-refractivity contribution in [3.8, 4) is 5.75 Å². The third kappa shape index (κ3) is 2.67. The smallest absolute Gasteiger partial charge is 0.253 e. The van der Waals surface area contributed by atoms with Crippen molar-refractivity contribution < 1.29 is 9.53 Å². The number of nitrogen functional groups attached to an aromatic ring is 1. The van der Waals surface area contributed by atoms with Gasteiger partial charge in [0.05, 0.1) is 12.7 Å². The summed E-state index contributed by atoms with van der Waals surface area (Å²) in [6.45, 7) is 0. The van der Waals surface area contributed by atoms with E-state index in [1.54, 1.807) is 25.3 Å². The SMILES string of the molecule is COc1ccc(N)c(C(=O)NC(C2CC2)C2CC2)c1. The third-order valence-corrected chi connectivity index (χ3v) is 4.06. The number of methoxy groups -OCH3 is 1. The molecule has 0 unspecified atom stereocenters. The van der Waals surface area contributed by atoms with Crippen LogP contribution in [0.4, 0.5) is 5.69 Å². The first-order chi connectivity index (χ1) is 9.19. The Balaban J connectivity index is 1.75. The average Bonchev–Trinajstić information content (AvgIpc) is 3.29. The molecule has 4 nitrogen and oxygen atoms in total. The van der Waals surface area contributed by atoms with Crippen LogP contribution in [-0.4, -0.2) is 19.1 Å². The first kappa shape index (κ1) is 12.3. The lowest BCUT2D eigenvalue weighted by Crippen LogP contribution is -2.38. The Bertz CT molecular complexity index is 481. The van der Waals surface area contributed by atoms with E-state index in [0.717, 1.165) is 0 Å². The maximum atomic E-state index is 12.4. The highest BCUT2D eigenvalue weighted by atomic mass is 16.5. The van der Waals surface area contributed by atoms with Gasteiger partial charge in [-0.3, -0.25) is 4.79 Å². The van der Waals surface area contributed by atoms with Crippen molar-refractivity contribution >= 4 is 11.6 Å². The number of ether oxygens (including phenoxy) is 1. The van der Waals surface area contributed by atoms with E-state index in [9.17, 15) is 4.79 Å². The van der Waals surface area contributed by atoms with Gasteiger partial charge in [-0.15, -0.1) is 0 Å². The largest absolute Gasteiger partial charge is 0.497 e. The predicted octanol–water partition coefficient (Wildman–Crippen LogP) is 2.20. The van der Waals surface area contributed by atoms with Gasteiger partial charge in [-0.05, 0) is 55.7 Å². The molecule has 3 rings (SSSR count). The van der Waals surface area contributed by atoms with Gasteiger partial charge in [-0.25, -0.2) is 0 Å². The molecule has 2 aliphatic carbocycles. The molecule has 0 heterocycles. The zero-order valence-corrected chi connectivity index (χ0v) is 11.2. The minimum atomic E-state index is -0.0693. The Morgan fingerprint density at radius 1 is 1.32 bits per heavy atom. The van der Waals surface area contributed by atoms with Crippen molar-refractivity contribution in [2.45, 2.75) is 31.7 Å². The summed E-state index contributed by atoms with van der Waals surface area (Å²) in [7, 11) is 1.59. The predicted molar refractivity (Wildman–Crippen MR) is 74.1 cm³/mol. The number of carbonyl (C=O) groups excluding carboxylic acids is 1. The van der Waals surface area contributed by atoms with Crippen molar-refractivity contribution in [1.82, 2.24) is 5.32 Å². The minimum Gasteiger partial charge on any atom is -0.497 e. The topological polar surface area (TPSA) is 64.3 Å². The maximum Gasteiger partial charge on any atom is 0.253 e. The highest BCUT2D eigenvalue weighted by Gasteiger charge is 2.42. The van der Waals surface area contributed by atoms with Crippen molar-refractivity contribution in [2.24, 2.45) is 11.8 Å². The lowest BCUT2D eigenvalue weighted by Gasteiger charge is -2.18. The van der Waals surface area contributed by atoms with E-state index in [0.29, 0.717) is 34.9 Å². The Kier molecular flexibility index (Phi) is 3.09. The van der Waals surface area contributed by atoms with Gasteiger partial charge in [0.1, 0.15) is 5.75 Å². The Labute approximate surface area is 113 Å². The first-order valence-electron chi connectivity index (χ1n) is 6.93. The molecular formula is C15H20N2O2. The summed E-state index contributed by atoms with van der Waals surface area (Å²) in [4.78, 5) is 12.4. The minimum absolute atomic E-state index is 0.0693. The highest BCUT2D eigenvalue weighted by molar-refractivity contribution is 5.99. The molecule has 19 heavy (non-hydrogen) atoms. The molecular weight excluding hydrogens is 240 g/mol. The third-order valence-electron chi connectivity index (χ3n) is 4.06. The molecule has 2 fully saturated rings. The van der Waals surface area contributed by atoms with Crippen molar-refractivity contribution in [3.05, 3.63) is 23.8 Å². The summed E-state index contributed by atoms with van der Waals surface area (Å²) < 4.78 is 5.15. The van der Waals surface area contributed by atoms with Gasteiger partial charge in [0.25, 0.3) is 5.91 Å². The van der Waals surface area contributed by atoms with Crippen LogP contribution < -0.4 is 15.8 Å². The van der Waals surface area contributed by atoms with Crippen molar-refractivity contribution in [1.29, 1.82) is 0 Å². The second-order valence-corrected chi connectivity index (χ2v) is 5.63. The molecule has 1 aromatic rings. The molecule has 0 spiro atoms. The number of benzene rings is 1. The fraction of sp³-hybridized carbons (Fsp3) is 0.533. The summed E-state index contributed by atoms with van der Waals surface area (Å²) in [6, 6.07) is 5.54. The number of anilines is 1.